The summed E-state index contributed by atoms with van der Waals surface area (Å²) in [5.74, 6) is -0.316. The molecule has 1 heterocycles. The van der Waals surface area contributed by atoms with E-state index < -0.39 is 0 Å². The number of aromatic nitrogens is 1. The van der Waals surface area contributed by atoms with Crippen LogP contribution >= 0.6 is 0 Å². The van der Waals surface area contributed by atoms with Crippen LogP contribution in [0.4, 0.5) is 0 Å². The van der Waals surface area contributed by atoms with Crippen molar-refractivity contribution < 1.29 is 4.42 Å². The fourth-order valence-corrected chi connectivity index (χ4v) is 2.37. The number of hydrogen-bond donors (Lipinski definition) is 1. The predicted octanol–water partition coefficient (Wildman–Crippen LogP) is 2.83. The molecule has 1 aromatic heterocycles. The van der Waals surface area contributed by atoms with Crippen LogP contribution < -0.4 is 11.1 Å². The second-order valence-electron chi connectivity index (χ2n) is 6.26. The molecule has 0 aliphatic rings. The zero-order chi connectivity index (χ0) is 14.2. The SMILES string of the molecule is CNC(CC(C)(C)C)c1ccc2c(c1)oc(=O)n2C. The third-order valence-corrected chi connectivity index (χ3v) is 3.38. The average Bonchev–Trinajstić information content (AvgIpc) is 2.60. The summed E-state index contributed by atoms with van der Waals surface area (Å²) in [6.45, 7) is 6.66. The zero-order valence-corrected chi connectivity index (χ0v) is 12.3. The third-order valence-electron chi connectivity index (χ3n) is 3.38. The number of nitrogens with one attached hydrogen (secondary N) is 1. The van der Waals surface area contributed by atoms with E-state index in [1.807, 2.05) is 19.2 Å². The molecule has 2 rings (SSSR count). The van der Waals surface area contributed by atoms with Crippen molar-refractivity contribution in [2.45, 2.75) is 33.2 Å². The fraction of sp³-hybridized carbons (Fsp3) is 0.533. The largest absolute Gasteiger partial charge is 0.419 e. The maximum absolute atomic E-state index is 11.5. The maximum Gasteiger partial charge on any atom is 0.419 e. The van der Waals surface area contributed by atoms with E-state index in [0.717, 1.165) is 17.5 Å². The topological polar surface area (TPSA) is 47.2 Å². The number of fused-ring (bicyclic) bond motifs is 1. The van der Waals surface area contributed by atoms with E-state index in [2.05, 4.69) is 32.2 Å². The normalized spacial score (nSPS) is 13.9. The van der Waals surface area contributed by atoms with Crippen molar-refractivity contribution in [3.8, 4) is 0 Å². The summed E-state index contributed by atoms with van der Waals surface area (Å²) in [7, 11) is 3.68. The number of benzene rings is 1. The molecule has 104 valence electrons. The molecule has 0 fully saturated rings. The number of oxazole rings is 1. The zero-order valence-electron chi connectivity index (χ0n) is 12.3. The molecular formula is C15H22N2O2. The van der Waals surface area contributed by atoms with Crippen molar-refractivity contribution in [1.82, 2.24) is 9.88 Å². The highest BCUT2D eigenvalue weighted by Gasteiger charge is 2.19. The lowest BCUT2D eigenvalue weighted by Gasteiger charge is -2.26. The van der Waals surface area contributed by atoms with Gasteiger partial charge in [-0.2, -0.15) is 0 Å². The van der Waals surface area contributed by atoms with Gasteiger partial charge in [0, 0.05) is 13.1 Å². The summed E-state index contributed by atoms with van der Waals surface area (Å²) >= 11 is 0. The summed E-state index contributed by atoms with van der Waals surface area (Å²) in [4.78, 5) is 11.5. The third kappa shape index (κ3) is 2.89. The molecule has 0 spiro atoms. The Hall–Kier alpha value is -1.55. The van der Waals surface area contributed by atoms with Gasteiger partial charge in [0.2, 0.25) is 0 Å². The first-order chi connectivity index (χ1) is 8.81. The van der Waals surface area contributed by atoms with Gasteiger partial charge in [0.15, 0.2) is 5.58 Å². The van der Waals surface area contributed by atoms with Crippen LogP contribution in [0.25, 0.3) is 11.1 Å². The van der Waals surface area contributed by atoms with Gasteiger partial charge in [0.05, 0.1) is 5.52 Å². The van der Waals surface area contributed by atoms with Crippen LogP contribution in [0, 0.1) is 5.41 Å². The number of rotatable bonds is 3. The number of aryl methyl sites for hydroxylation is 1. The summed E-state index contributed by atoms with van der Waals surface area (Å²) < 4.78 is 6.77. The van der Waals surface area contributed by atoms with Crippen LogP contribution in [0.3, 0.4) is 0 Å². The molecule has 0 bridgehead atoms. The minimum atomic E-state index is -0.316. The Morgan fingerprint density at radius 1 is 1.37 bits per heavy atom. The van der Waals surface area contributed by atoms with Crippen molar-refractivity contribution in [3.05, 3.63) is 34.3 Å². The Labute approximate surface area is 113 Å². The maximum atomic E-state index is 11.5. The molecule has 2 aromatic rings. The van der Waals surface area contributed by atoms with E-state index in [1.54, 1.807) is 7.05 Å². The Morgan fingerprint density at radius 2 is 2.05 bits per heavy atom. The molecule has 0 amide bonds. The van der Waals surface area contributed by atoms with E-state index in [9.17, 15) is 4.79 Å². The quantitative estimate of drug-likeness (QED) is 0.925. The van der Waals surface area contributed by atoms with Gasteiger partial charge in [-0.05, 0) is 36.6 Å². The van der Waals surface area contributed by atoms with E-state index in [0.29, 0.717) is 5.58 Å². The average molecular weight is 262 g/mol. The molecule has 0 radical (unpaired) electrons. The molecule has 1 N–H and O–H groups in total. The molecule has 1 unspecified atom stereocenters. The van der Waals surface area contributed by atoms with Gasteiger partial charge < -0.3 is 9.73 Å². The van der Waals surface area contributed by atoms with Gasteiger partial charge in [-0.15, -0.1) is 0 Å². The highest BCUT2D eigenvalue weighted by Crippen LogP contribution is 2.30. The first kappa shape index (κ1) is 13.9. The van der Waals surface area contributed by atoms with Gasteiger partial charge in [0.25, 0.3) is 0 Å². The van der Waals surface area contributed by atoms with E-state index in [4.69, 9.17) is 4.42 Å². The van der Waals surface area contributed by atoms with Crippen molar-refractivity contribution in [2.75, 3.05) is 7.05 Å². The lowest BCUT2D eigenvalue weighted by molar-refractivity contribution is 0.321. The van der Waals surface area contributed by atoms with Crippen LogP contribution in [-0.2, 0) is 7.05 Å². The molecule has 0 saturated heterocycles. The summed E-state index contributed by atoms with van der Waals surface area (Å²) in [5, 5.41) is 3.33. The Balaban J connectivity index is 2.41. The molecule has 0 aliphatic heterocycles. The van der Waals surface area contributed by atoms with Gasteiger partial charge in [0.1, 0.15) is 0 Å². The Morgan fingerprint density at radius 3 is 2.63 bits per heavy atom. The van der Waals surface area contributed by atoms with Crippen molar-refractivity contribution in [3.63, 3.8) is 0 Å². The Kier molecular flexibility index (Phi) is 3.54. The van der Waals surface area contributed by atoms with Gasteiger partial charge in [-0.25, -0.2) is 4.79 Å². The molecule has 1 atom stereocenters. The minimum absolute atomic E-state index is 0.236. The fourth-order valence-electron chi connectivity index (χ4n) is 2.37. The summed E-state index contributed by atoms with van der Waals surface area (Å²) in [6, 6.07) is 6.23. The molecule has 0 saturated carbocycles. The van der Waals surface area contributed by atoms with Gasteiger partial charge in [-0.3, -0.25) is 4.57 Å². The lowest BCUT2D eigenvalue weighted by Crippen LogP contribution is -2.22. The first-order valence-electron chi connectivity index (χ1n) is 6.58. The minimum Gasteiger partial charge on any atom is -0.408 e. The highest BCUT2D eigenvalue weighted by molar-refractivity contribution is 5.73. The second-order valence-corrected chi connectivity index (χ2v) is 6.26. The van der Waals surface area contributed by atoms with Crippen molar-refractivity contribution in [2.24, 2.45) is 12.5 Å². The molecule has 19 heavy (non-hydrogen) atoms. The molecule has 4 nitrogen and oxygen atoms in total. The van der Waals surface area contributed by atoms with Crippen LogP contribution in [-0.4, -0.2) is 11.6 Å². The Bertz CT molecular complexity index is 632. The van der Waals surface area contributed by atoms with Crippen LogP contribution in [0.15, 0.2) is 27.4 Å². The first-order valence-corrected chi connectivity index (χ1v) is 6.58. The molecule has 4 heteroatoms. The van der Waals surface area contributed by atoms with Gasteiger partial charge in [-0.1, -0.05) is 26.8 Å². The van der Waals surface area contributed by atoms with Crippen LogP contribution in [0.1, 0.15) is 38.8 Å². The second kappa shape index (κ2) is 4.85. The summed E-state index contributed by atoms with van der Waals surface area (Å²) in [6.07, 6.45) is 1.02. The molecular weight excluding hydrogens is 240 g/mol. The molecule has 0 aliphatic carbocycles. The van der Waals surface area contributed by atoms with Gasteiger partial charge >= 0.3 is 5.76 Å². The highest BCUT2D eigenvalue weighted by atomic mass is 16.4. The van der Waals surface area contributed by atoms with E-state index in [-0.39, 0.29) is 17.2 Å². The lowest BCUT2D eigenvalue weighted by atomic mass is 9.85. The molecule has 1 aromatic carbocycles. The van der Waals surface area contributed by atoms with E-state index >= 15 is 0 Å². The predicted molar refractivity (Wildman–Crippen MR) is 77.3 cm³/mol. The van der Waals surface area contributed by atoms with Crippen LogP contribution in [0.2, 0.25) is 0 Å². The van der Waals surface area contributed by atoms with Crippen molar-refractivity contribution >= 4 is 11.1 Å². The van der Waals surface area contributed by atoms with E-state index in [1.165, 1.54) is 4.57 Å². The smallest absolute Gasteiger partial charge is 0.408 e. The summed E-state index contributed by atoms with van der Waals surface area (Å²) in [5.41, 5.74) is 2.87. The monoisotopic (exact) mass is 262 g/mol. The van der Waals surface area contributed by atoms with Crippen molar-refractivity contribution in [1.29, 1.82) is 0 Å². The standard InChI is InChI=1S/C15H22N2O2/c1-15(2,3)9-11(16-4)10-6-7-12-13(8-10)19-14(18)17(12)5/h6-8,11,16H,9H2,1-5H3. The number of hydrogen-bond acceptors (Lipinski definition) is 3. The number of nitrogens with zero attached hydrogens (tertiary/aromatic N) is 1. The van der Waals surface area contributed by atoms with Crippen LogP contribution in [0.5, 0.6) is 0 Å².